The summed E-state index contributed by atoms with van der Waals surface area (Å²) < 4.78 is 10.6. The lowest BCUT2D eigenvalue weighted by Crippen LogP contribution is -2.14. The van der Waals surface area contributed by atoms with E-state index in [0.29, 0.717) is 23.1 Å². The summed E-state index contributed by atoms with van der Waals surface area (Å²) in [6, 6.07) is 11.7. The zero-order valence-electron chi connectivity index (χ0n) is 15.8. The fourth-order valence-electron chi connectivity index (χ4n) is 2.72. The molecule has 140 valence electrons. The van der Waals surface area contributed by atoms with Gasteiger partial charge < -0.3 is 14.8 Å². The molecule has 0 saturated carbocycles. The molecule has 0 radical (unpaired) electrons. The topological polar surface area (TPSA) is 60.5 Å². The molecular weight excluding hydrogens is 360 g/mol. The highest BCUT2D eigenvalue weighted by atomic mass is 32.1. The van der Waals surface area contributed by atoms with E-state index >= 15 is 0 Å². The van der Waals surface area contributed by atoms with Crippen LogP contribution in [0.3, 0.4) is 0 Å². The Morgan fingerprint density at radius 1 is 1.04 bits per heavy atom. The summed E-state index contributed by atoms with van der Waals surface area (Å²) in [5.74, 6) is 1.23. The third-order valence-corrected chi connectivity index (χ3v) is 5.12. The van der Waals surface area contributed by atoms with Gasteiger partial charge in [-0.25, -0.2) is 4.98 Å². The Bertz CT molecular complexity index is 966. The zero-order valence-corrected chi connectivity index (χ0v) is 16.6. The number of amides is 1. The van der Waals surface area contributed by atoms with Crippen LogP contribution in [0.1, 0.15) is 16.7 Å². The quantitative estimate of drug-likeness (QED) is 0.675. The van der Waals surface area contributed by atoms with Crippen molar-refractivity contribution in [3.8, 4) is 22.8 Å². The highest BCUT2D eigenvalue weighted by Crippen LogP contribution is 2.33. The number of carbonyl (C=O) groups is 1. The molecule has 0 spiro atoms. The molecule has 1 aromatic heterocycles. The van der Waals surface area contributed by atoms with Gasteiger partial charge >= 0.3 is 0 Å². The first-order chi connectivity index (χ1) is 13.0. The number of benzene rings is 2. The fourth-order valence-corrected chi connectivity index (χ4v) is 3.46. The Morgan fingerprint density at radius 3 is 2.52 bits per heavy atom. The number of nitrogens with zero attached hydrogens (tertiary/aromatic N) is 1. The maximum atomic E-state index is 12.3. The highest BCUT2D eigenvalue weighted by Gasteiger charge is 2.11. The summed E-state index contributed by atoms with van der Waals surface area (Å²) in [5.41, 5.74) is 5.08. The zero-order chi connectivity index (χ0) is 19.4. The summed E-state index contributed by atoms with van der Waals surface area (Å²) in [4.78, 5) is 16.8. The van der Waals surface area contributed by atoms with Crippen molar-refractivity contribution in [1.82, 2.24) is 4.98 Å². The maximum absolute atomic E-state index is 12.3. The largest absolute Gasteiger partial charge is 0.493 e. The molecule has 0 aliphatic carbocycles. The SMILES string of the molecule is COc1ccc(-c2csc(NC(=O)Cc3ccc(C)c(C)c3)n2)cc1OC. The van der Waals surface area contributed by atoms with Crippen LogP contribution in [0.25, 0.3) is 11.3 Å². The number of thiazole rings is 1. The molecule has 1 N–H and O–H groups in total. The van der Waals surface area contributed by atoms with E-state index in [1.165, 1.54) is 22.5 Å². The molecular formula is C21H22N2O3S. The lowest BCUT2D eigenvalue weighted by atomic mass is 10.0. The Hall–Kier alpha value is -2.86. The lowest BCUT2D eigenvalue weighted by Gasteiger charge is -2.08. The molecule has 3 rings (SSSR count). The van der Waals surface area contributed by atoms with E-state index in [0.717, 1.165) is 16.8 Å². The van der Waals surface area contributed by atoms with E-state index in [-0.39, 0.29) is 5.91 Å². The minimum Gasteiger partial charge on any atom is -0.493 e. The van der Waals surface area contributed by atoms with Crippen LogP contribution in [0.15, 0.2) is 41.8 Å². The van der Waals surface area contributed by atoms with Gasteiger partial charge in [0.25, 0.3) is 0 Å². The van der Waals surface area contributed by atoms with Crippen molar-refractivity contribution in [2.75, 3.05) is 19.5 Å². The Labute approximate surface area is 163 Å². The van der Waals surface area contributed by atoms with Crippen molar-refractivity contribution in [2.24, 2.45) is 0 Å². The predicted molar refractivity (Wildman–Crippen MR) is 109 cm³/mol. The van der Waals surface area contributed by atoms with Gasteiger partial charge in [0.15, 0.2) is 16.6 Å². The second-order valence-electron chi connectivity index (χ2n) is 6.25. The van der Waals surface area contributed by atoms with Crippen molar-refractivity contribution >= 4 is 22.4 Å². The van der Waals surface area contributed by atoms with Crippen molar-refractivity contribution in [1.29, 1.82) is 0 Å². The molecule has 0 fully saturated rings. The van der Waals surface area contributed by atoms with Crippen molar-refractivity contribution in [3.05, 3.63) is 58.5 Å². The number of anilines is 1. The van der Waals surface area contributed by atoms with E-state index in [2.05, 4.69) is 17.2 Å². The molecule has 0 aliphatic rings. The van der Waals surface area contributed by atoms with E-state index in [1.54, 1.807) is 14.2 Å². The number of hydrogen-bond acceptors (Lipinski definition) is 5. The summed E-state index contributed by atoms with van der Waals surface area (Å²) >= 11 is 1.40. The Kier molecular flexibility index (Phi) is 5.76. The molecule has 1 heterocycles. The smallest absolute Gasteiger partial charge is 0.230 e. The average Bonchev–Trinajstić information content (AvgIpc) is 3.12. The average molecular weight is 382 g/mol. The molecule has 6 heteroatoms. The van der Waals surface area contributed by atoms with Crippen LogP contribution in [0.4, 0.5) is 5.13 Å². The van der Waals surface area contributed by atoms with E-state index in [1.807, 2.05) is 48.7 Å². The van der Waals surface area contributed by atoms with E-state index < -0.39 is 0 Å². The summed E-state index contributed by atoms with van der Waals surface area (Å²) in [6.07, 6.45) is 0.326. The van der Waals surface area contributed by atoms with Gasteiger partial charge in [-0.05, 0) is 48.7 Å². The van der Waals surface area contributed by atoms with Gasteiger partial charge in [-0.1, -0.05) is 18.2 Å². The number of rotatable bonds is 6. The van der Waals surface area contributed by atoms with Gasteiger partial charge in [0.05, 0.1) is 26.3 Å². The Morgan fingerprint density at radius 2 is 1.81 bits per heavy atom. The molecule has 3 aromatic rings. The number of hydrogen-bond donors (Lipinski definition) is 1. The second kappa shape index (κ2) is 8.22. The molecule has 27 heavy (non-hydrogen) atoms. The first-order valence-corrected chi connectivity index (χ1v) is 9.42. The van der Waals surface area contributed by atoms with Crippen molar-refractivity contribution in [3.63, 3.8) is 0 Å². The molecule has 0 atom stereocenters. The van der Waals surface area contributed by atoms with Gasteiger partial charge in [-0.3, -0.25) is 4.79 Å². The van der Waals surface area contributed by atoms with Crippen LogP contribution in [-0.2, 0) is 11.2 Å². The Balaban J connectivity index is 1.70. The molecule has 1 amide bonds. The van der Waals surface area contributed by atoms with Crippen LogP contribution in [0, 0.1) is 13.8 Å². The van der Waals surface area contributed by atoms with Crippen LogP contribution in [-0.4, -0.2) is 25.1 Å². The second-order valence-corrected chi connectivity index (χ2v) is 7.11. The minimum atomic E-state index is -0.0773. The minimum absolute atomic E-state index is 0.0773. The first-order valence-electron chi connectivity index (χ1n) is 8.54. The molecule has 0 unspecified atom stereocenters. The summed E-state index contributed by atoms with van der Waals surface area (Å²) in [7, 11) is 3.20. The van der Waals surface area contributed by atoms with Crippen LogP contribution < -0.4 is 14.8 Å². The standard InChI is InChI=1S/C21H22N2O3S/c1-13-5-6-15(9-14(13)2)10-20(24)23-21-22-17(12-27-21)16-7-8-18(25-3)19(11-16)26-4/h5-9,11-12H,10H2,1-4H3,(H,22,23,24). The predicted octanol–water partition coefficient (Wildman–Crippen LogP) is 4.63. The number of carbonyl (C=O) groups excluding carboxylic acids is 1. The third kappa shape index (κ3) is 4.46. The van der Waals surface area contributed by atoms with Crippen LogP contribution in [0.5, 0.6) is 11.5 Å². The number of aryl methyl sites for hydroxylation is 2. The van der Waals surface area contributed by atoms with Crippen LogP contribution in [0.2, 0.25) is 0 Å². The maximum Gasteiger partial charge on any atom is 0.230 e. The molecule has 0 saturated heterocycles. The molecule has 2 aromatic carbocycles. The normalized spacial score (nSPS) is 10.5. The van der Waals surface area contributed by atoms with Crippen LogP contribution >= 0.6 is 11.3 Å². The first kappa shape index (κ1) is 18.9. The third-order valence-electron chi connectivity index (χ3n) is 4.37. The number of methoxy groups -OCH3 is 2. The fraction of sp³-hybridized carbons (Fsp3) is 0.238. The van der Waals surface area contributed by atoms with Gasteiger partial charge in [0, 0.05) is 10.9 Å². The van der Waals surface area contributed by atoms with E-state index in [9.17, 15) is 4.79 Å². The van der Waals surface area contributed by atoms with Gasteiger partial charge in [-0.2, -0.15) is 0 Å². The summed E-state index contributed by atoms with van der Waals surface area (Å²) in [5, 5.41) is 5.37. The highest BCUT2D eigenvalue weighted by molar-refractivity contribution is 7.14. The molecule has 0 bridgehead atoms. The van der Waals surface area contributed by atoms with Crippen molar-refractivity contribution in [2.45, 2.75) is 20.3 Å². The lowest BCUT2D eigenvalue weighted by molar-refractivity contribution is -0.115. The molecule has 0 aliphatic heterocycles. The number of aromatic nitrogens is 1. The van der Waals surface area contributed by atoms with Gasteiger partial charge in [-0.15, -0.1) is 11.3 Å². The van der Waals surface area contributed by atoms with Crippen molar-refractivity contribution < 1.29 is 14.3 Å². The number of ether oxygens (including phenoxy) is 2. The van der Waals surface area contributed by atoms with Gasteiger partial charge in [0.2, 0.25) is 5.91 Å². The summed E-state index contributed by atoms with van der Waals surface area (Å²) in [6.45, 7) is 4.11. The van der Waals surface area contributed by atoms with Gasteiger partial charge in [0.1, 0.15) is 0 Å². The molecule has 5 nitrogen and oxygen atoms in total. The monoisotopic (exact) mass is 382 g/mol. The van der Waals surface area contributed by atoms with E-state index in [4.69, 9.17) is 9.47 Å². The number of nitrogens with one attached hydrogen (secondary N) is 1.